The maximum absolute atomic E-state index is 12.9. The quantitative estimate of drug-likeness (QED) is 0.812. The zero-order valence-corrected chi connectivity index (χ0v) is 15.4. The Bertz CT molecular complexity index is 741. The minimum Gasteiger partial charge on any atom is -0.491 e. The first kappa shape index (κ1) is 18.0. The van der Waals surface area contributed by atoms with Gasteiger partial charge in [0, 0.05) is 18.7 Å². The molecule has 0 aromatic heterocycles. The lowest BCUT2D eigenvalue weighted by Crippen LogP contribution is -2.42. The van der Waals surface area contributed by atoms with Crippen LogP contribution in [0.1, 0.15) is 34.9 Å². The fourth-order valence-electron chi connectivity index (χ4n) is 3.54. The first-order valence-corrected chi connectivity index (χ1v) is 9.60. The molecule has 5 nitrogen and oxygen atoms in total. The van der Waals surface area contributed by atoms with Crippen LogP contribution in [0.4, 0.5) is 0 Å². The lowest BCUT2D eigenvalue weighted by molar-refractivity contribution is -0.0228. The van der Waals surface area contributed by atoms with Gasteiger partial charge >= 0.3 is 0 Å². The number of rotatable bonds is 5. The Hall–Kier alpha value is -2.37. The molecule has 1 amide bonds. The summed E-state index contributed by atoms with van der Waals surface area (Å²) in [5.74, 6) is 0.802. The van der Waals surface area contributed by atoms with Crippen LogP contribution in [0, 0.1) is 0 Å². The molecule has 4 rings (SSSR count). The Morgan fingerprint density at radius 3 is 2.59 bits per heavy atom. The summed E-state index contributed by atoms with van der Waals surface area (Å²) in [5, 5.41) is 0. The summed E-state index contributed by atoms with van der Waals surface area (Å²) in [5.41, 5.74) is 1.78. The molecule has 2 aromatic carbocycles. The van der Waals surface area contributed by atoms with Crippen LogP contribution >= 0.6 is 0 Å². The highest BCUT2D eigenvalue weighted by atomic mass is 16.5. The standard InChI is InChI=1S/C22H25NO4/c24-22(23-12-14-26-21(15-23)17-5-2-1-3-6-17)18-8-10-19(11-9-18)27-16-20-7-4-13-25-20/h1-3,5-6,8-11,20-21H,4,7,12-16H2. The number of carbonyl (C=O) groups is 1. The van der Waals surface area contributed by atoms with E-state index in [0.29, 0.717) is 31.9 Å². The highest BCUT2D eigenvalue weighted by Crippen LogP contribution is 2.24. The van der Waals surface area contributed by atoms with Gasteiger partial charge in [-0.05, 0) is 42.7 Å². The van der Waals surface area contributed by atoms with Crippen molar-refractivity contribution in [2.75, 3.05) is 32.9 Å². The summed E-state index contributed by atoms with van der Waals surface area (Å²) in [6.45, 7) is 3.12. The molecule has 27 heavy (non-hydrogen) atoms. The largest absolute Gasteiger partial charge is 0.491 e. The maximum atomic E-state index is 12.9. The van der Waals surface area contributed by atoms with Crippen molar-refractivity contribution < 1.29 is 19.0 Å². The highest BCUT2D eigenvalue weighted by molar-refractivity contribution is 5.94. The van der Waals surface area contributed by atoms with Crippen molar-refractivity contribution in [3.63, 3.8) is 0 Å². The third-order valence-corrected chi connectivity index (χ3v) is 5.09. The van der Waals surface area contributed by atoms with Gasteiger partial charge < -0.3 is 19.1 Å². The van der Waals surface area contributed by atoms with Crippen LogP contribution < -0.4 is 4.74 Å². The smallest absolute Gasteiger partial charge is 0.254 e. The Morgan fingerprint density at radius 1 is 1.04 bits per heavy atom. The van der Waals surface area contributed by atoms with Gasteiger partial charge in [-0.1, -0.05) is 30.3 Å². The highest BCUT2D eigenvalue weighted by Gasteiger charge is 2.26. The van der Waals surface area contributed by atoms with Gasteiger partial charge in [-0.25, -0.2) is 0 Å². The van der Waals surface area contributed by atoms with Crippen LogP contribution in [0.2, 0.25) is 0 Å². The second kappa shape index (κ2) is 8.55. The van der Waals surface area contributed by atoms with E-state index < -0.39 is 0 Å². The van der Waals surface area contributed by atoms with Crippen molar-refractivity contribution in [2.24, 2.45) is 0 Å². The fraction of sp³-hybridized carbons (Fsp3) is 0.409. The summed E-state index contributed by atoms with van der Waals surface area (Å²) in [7, 11) is 0. The van der Waals surface area contributed by atoms with Crippen LogP contribution in [0.3, 0.4) is 0 Å². The minimum absolute atomic E-state index is 0.0323. The molecule has 2 aromatic rings. The first-order valence-electron chi connectivity index (χ1n) is 9.60. The normalized spacial score (nSPS) is 22.6. The first-order chi connectivity index (χ1) is 13.3. The SMILES string of the molecule is O=C(c1ccc(OCC2CCCO2)cc1)N1CCOC(c2ccccc2)C1. The van der Waals surface area contributed by atoms with Crippen molar-refractivity contribution in [1.29, 1.82) is 0 Å². The van der Waals surface area contributed by atoms with Crippen LogP contribution in [0.15, 0.2) is 54.6 Å². The van der Waals surface area contributed by atoms with Gasteiger partial charge in [-0.3, -0.25) is 4.79 Å². The van der Waals surface area contributed by atoms with Gasteiger partial charge in [0.15, 0.2) is 0 Å². The Labute approximate surface area is 159 Å². The third kappa shape index (κ3) is 4.49. The lowest BCUT2D eigenvalue weighted by atomic mass is 10.1. The number of benzene rings is 2. The number of nitrogens with zero attached hydrogens (tertiary/aromatic N) is 1. The average molecular weight is 367 g/mol. The second-order valence-electron chi connectivity index (χ2n) is 6.99. The summed E-state index contributed by atoms with van der Waals surface area (Å²) < 4.78 is 17.2. The molecule has 2 atom stereocenters. The van der Waals surface area contributed by atoms with E-state index >= 15 is 0 Å². The van der Waals surface area contributed by atoms with Gasteiger partial charge in [-0.15, -0.1) is 0 Å². The second-order valence-corrected chi connectivity index (χ2v) is 6.99. The number of amides is 1. The molecule has 0 saturated carbocycles. The van der Waals surface area contributed by atoms with E-state index in [1.807, 2.05) is 59.5 Å². The predicted molar refractivity (Wildman–Crippen MR) is 102 cm³/mol. The van der Waals surface area contributed by atoms with E-state index in [1.54, 1.807) is 0 Å². The zero-order chi connectivity index (χ0) is 18.5. The molecule has 5 heteroatoms. The van der Waals surface area contributed by atoms with E-state index in [2.05, 4.69) is 0 Å². The zero-order valence-electron chi connectivity index (χ0n) is 15.4. The van der Waals surface area contributed by atoms with Gasteiger partial charge in [-0.2, -0.15) is 0 Å². The summed E-state index contributed by atoms with van der Waals surface area (Å²) in [4.78, 5) is 14.7. The minimum atomic E-state index is -0.0714. The van der Waals surface area contributed by atoms with Crippen molar-refractivity contribution in [3.8, 4) is 5.75 Å². The molecule has 0 radical (unpaired) electrons. The molecule has 2 aliphatic rings. The number of morpholine rings is 1. The van der Waals surface area contributed by atoms with Crippen LogP contribution in [-0.4, -0.2) is 49.8 Å². The molecular weight excluding hydrogens is 342 g/mol. The van der Waals surface area contributed by atoms with Crippen LogP contribution in [0.5, 0.6) is 5.75 Å². The molecule has 2 fully saturated rings. The molecular formula is C22H25NO4. The number of carbonyl (C=O) groups excluding carboxylic acids is 1. The predicted octanol–water partition coefficient (Wildman–Crippen LogP) is 3.46. The Balaban J connectivity index is 1.35. The van der Waals surface area contributed by atoms with Gasteiger partial charge in [0.05, 0.1) is 19.3 Å². The van der Waals surface area contributed by atoms with Crippen LogP contribution in [0.25, 0.3) is 0 Å². The average Bonchev–Trinajstić information content (AvgIpc) is 3.27. The Morgan fingerprint density at radius 2 is 1.85 bits per heavy atom. The summed E-state index contributed by atoms with van der Waals surface area (Å²) >= 11 is 0. The molecule has 0 bridgehead atoms. The van der Waals surface area contributed by atoms with E-state index in [4.69, 9.17) is 14.2 Å². The lowest BCUT2D eigenvalue weighted by Gasteiger charge is -2.33. The number of ether oxygens (including phenoxy) is 3. The van der Waals surface area contributed by atoms with Crippen LogP contribution in [-0.2, 0) is 9.47 Å². The van der Waals surface area contributed by atoms with E-state index in [-0.39, 0.29) is 18.1 Å². The number of hydrogen-bond donors (Lipinski definition) is 0. The van der Waals surface area contributed by atoms with E-state index in [0.717, 1.165) is 30.8 Å². The Kier molecular flexibility index (Phi) is 5.70. The summed E-state index contributed by atoms with van der Waals surface area (Å²) in [6.07, 6.45) is 2.27. The van der Waals surface area contributed by atoms with Crippen molar-refractivity contribution in [2.45, 2.75) is 25.0 Å². The molecule has 2 unspecified atom stereocenters. The fourth-order valence-corrected chi connectivity index (χ4v) is 3.54. The van der Waals surface area contributed by atoms with Gasteiger partial charge in [0.25, 0.3) is 5.91 Å². The summed E-state index contributed by atoms with van der Waals surface area (Å²) in [6, 6.07) is 17.4. The molecule has 142 valence electrons. The molecule has 2 heterocycles. The maximum Gasteiger partial charge on any atom is 0.254 e. The monoisotopic (exact) mass is 367 g/mol. The molecule has 2 aliphatic heterocycles. The third-order valence-electron chi connectivity index (χ3n) is 5.09. The number of hydrogen-bond acceptors (Lipinski definition) is 4. The van der Waals surface area contributed by atoms with Gasteiger partial charge in [0.2, 0.25) is 0 Å². The molecule has 0 spiro atoms. The molecule has 0 N–H and O–H groups in total. The van der Waals surface area contributed by atoms with Gasteiger partial charge in [0.1, 0.15) is 18.5 Å². The topological polar surface area (TPSA) is 48.0 Å². The van der Waals surface area contributed by atoms with Crippen molar-refractivity contribution in [1.82, 2.24) is 4.90 Å². The van der Waals surface area contributed by atoms with E-state index in [1.165, 1.54) is 0 Å². The van der Waals surface area contributed by atoms with Crippen molar-refractivity contribution in [3.05, 3.63) is 65.7 Å². The van der Waals surface area contributed by atoms with Crippen molar-refractivity contribution >= 4 is 5.91 Å². The van der Waals surface area contributed by atoms with E-state index in [9.17, 15) is 4.79 Å². The molecule has 2 saturated heterocycles. The molecule has 0 aliphatic carbocycles.